The quantitative estimate of drug-likeness (QED) is 0.650. The summed E-state index contributed by atoms with van der Waals surface area (Å²) in [6, 6.07) is 0.245. The molecule has 1 saturated heterocycles. The zero-order valence-electron chi connectivity index (χ0n) is 12.0. The van der Waals surface area contributed by atoms with E-state index in [0.29, 0.717) is 5.92 Å². The second kappa shape index (κ2) is 9.73. The lowest BCUT2D eigenvalue weighted by molar-refractivity contribution is 0.0414. The number of aliphatic hydroxyl groups is 1. The van der Waals surface area contributed by atoms with E-state index in [0.717, 1.165) is 45.7 Å². The van der Waals surface area contributed by atoms with Gasteiger partial charge in [0, 0.05) is 19.2 Å². The minimum atomic E-state index is 0.236. The first-order valence-corrected chi connectivity index (χ1v) is 7.36. The average molecular weight is 258 g/mol. The van der Waals surface area contributed by atoms with Crippen LogP contribution in [0.1, 0.15) is 32.6 Å². The smallest absolute Gasteiger partial charge is 0.0585 e. The monoisotopic (exact) mass is 258 g/mol. The van der Waals surface area contributed by atoms with E-state index in [1.54, 1.807) is 0 Å². The van der Waals surface area contributed by atoms with Gasteiger partial charge in [0.25, 0.3) is 0 Å². The predicted octanol–water partition coefficient (Wildman–Crippen LogP) is 1.10. The highest BCUT2D eigenvalue weighted by molar-refractivity contribution is 4.70. The van der Waals surface area contributed by atoms with Crippen molar-refractivity contribution in [3.8, 4) is 0 Å². The zero-order valence-corrected chi connectivity index (χ0v) is 12.0. The molecule has 0 aromatic heterocycles. The molecule has 0 aromatic rings. The van der Waals surface area contributed by atoms with Crippen molar-refractivity contribution in [3.63, 3.8) is 0 Å². The molecule has 1 heterocycles. The van der Waals surface area contributed by atoms with Crippen molar-refractivity contribution in [2.45, 2.75) is 38.6 Å². The number of rotatable bonds is 9. The van der Waals surface area contributed by atoms with Crippen LogP contribution in [0.2, 0.25) is 0 Å². The van der Waals surface area contributed by atoms with Gasteiger partial charge in [0.1, 0.15) is 0 Å². The Morgan fingerprint density at radius 3 is 2.94 bits per heavy atom. The molecule has 2 atom stereocenters. The molecule has 2 N–H and O–H groups in total. The molecule has 108 valence electrons. The van der Waals surface area contributed by atoms with Crippen LogP contribution in [-0.2, 0) is 4.74 Å². The lowest BCUT2D eigenvalue weighted by Crippen LogP contribution is -2.38. The van der Waals surface area contributed by atoms with Crippen molar-refractivity contribution < 1.29 is 9.84 Å². The average Bonchev–Trinajstić information content (AvgIpc) is 2.40. The van der Waals surface area contributed by atoms with E-state index >= 15 is 0 Å². The zero-order chi connectivity index (χ0) is 13.2. The van der Waals surface area contributed by atoms with Crippen LogP contribution in [-0.4, -0.2) is 62.6 Å². The third kappa shape index (κ3) is 6.69. The van der Waals surface area contributed by atoms with E-state index in [-0.39, 0.29) is 12.6 Å². The summed E-state index contributed by atoms with van der Waals surface area (Å²) in [5.41, 5.74) is 0. The third-order valence-corrected chi connectivity index (χ3v) is 3.59. The van der Waals surface area contributed by atoms with Gasteiger partial charge in [-0.3, -0.25) is 0 Å². The molecular formula is C14H30N2O2. The Bertz CT molecular complexity index is 196. The van der Waals surface area contributed by atoms with Crippen molar-refractivity contribution in [2.24, 2.45) is 5.92 Å². The Labute approximate surface area is 112 Å². The predicted molar refractivity (Wildman–Crippen MR) is 74.8 cm³/mol. The number of nitrogens with one attached hydrogen (secondary N) is 1. The van der Waals surface area contributed by atoms with Gasteiger partial charge in [-0.1, -0.05) is 6.92 Å². The minimum Gasteiger partial charge on any atom is -0.395 e. The number of nitrogens with zero attached hydrogens (tertiary/aromatic N) is 1. The Balaban J connectivity index is 2.11. The molecule has 0 saturated carbocycles. The summed E-state index contributed by atoms with van der Waals surface area (Å²) in [5, 5.41) is 12.7. The maximum atomic E-state index is 9.29. The fourth-order valence-corrected chi connectivity index (χ4v) is 2.47. The molecule has 1 rings (SSSR count). The van der Waals surface area contributed by atoms with E-state index in [1.165, 1.54) is 12.8 Å². The maximum absolute atomic E-state index is 9.29. The van der Waals surface area contributed by atoms with Crippen LogP contribution in [0.3, 0.4) is 0 Å². The molecule has 4 nitrogen and oxygen atoms in total. The second-order valence-electron chi connectivity index (χ2n) is 5.47. The van der Waals surface area contributed by atoms with E-state index in [2.05, 4.69) is 24.2 Å². The maximum Gasteiger partial charge on any atom is 0.0585 e. The van der Waals surface area contributed by atoms with Crippen LogP contribution in [0.25, 0.3) is 0 Å². The van der Waals surface area contributed by atoms with Gasteiger partial charge in [0.15, 0.2) is 0 Å². The van der Waals surface area contributed by atoms with Gasteiger partial charge < -0.3 is 20.1 Å². The molecule has 1 fully saturated rings. The minimum absolute atomic E-state index is 0.236. The Morgan fingerprint density at radius 2 is 2.33 bits per heavy atom. The molecule has 0 spiro atoms. The first-order valence-electron chi connectivity index (χ1n) is 7.36. The molecule has 4 heteroatoms. The van der Waals surface area contributed by atoms with Gasteiger partial charge in [-0.2, -0.15) is 0 Å². The standard InChI is InChI=1S/C14H30N2O2/c1-3-7-15-14(11-17)6-8-16(2)10-13-5-4-9-18-12-13/h13-15,17H,3-12H2,1-2H3. The van der Waals surface area contributed by atoms with E-state index in [4.69, 9.17) is 4.74 Å². The molecule has 0 amide bonds. The second-order valence-corrected chi connectivity index (χ2v) is 5.47. The highest BCUT2D eigenvalue weighted by Gasteiger charge is 2.16. The van der Waals surface area contributed by atoms with E-state index in [9.17, 15) is 5.11 Å². The third-order valence-electron chi connectivity index (χ3n) is 3.59. The fourth-order valence-electron chi connectivity index (χ4n) is 2.47. The largest absolute Gasteiger partial charge is 0.395 e. The normalized spacial score (nSPS) is 22.3. The van der Waals surface area contributed by atoms with E-state index in [1.807, 2.05) is 0 Å². The Hall–Kier alpha value is -0.160. The van der Waals surface area contributed by atoms with Crippen LogP contribution in [0.15, 0.2) is 0 Å². The van der Waals surface area contributed by atoms with Gasteiger partial charge >= 0.3 is 0 Å². The molecule has 0 aliphatic carbocycles. The highest BCUT2D eigenvalue weighted by atomic mass is 16.5. The first-order chi connectivity index (χ1) is 8.76. The van der Waals surface area contributed by atoms with Crippen LogP contribution in [0.5, 0.6) is 0 Å². The summed E-state index contributed by atoms with van der Waals surface area (Å²) >= 11 is 0. The van der Waals surface area contributed by atoms with Crippen molar-refractivity contribution in [3.05, 3.63) is 0 Å². The number of aliphatic hydroxyl groups excluding tert-OH is 1. The van der Waals surface area contributed by atoms with Crippen molar-refractivity contribution >= 4 is 0 Å². The highest BCUT2D eigenvalue weighted by Crippen LogP contribution is 2.14. The summed E-state index contributed by atoms with van der Waals surface area (Å²) in [6.45, 7) is 7.39. The lowest BCUT2D eigenvalue weighted by Gasteiger charge is -2.28. The molecular weight excluding hydrogens is 228 g/mol. The van der Waals surface area contributed by atoms with Gasteiger partial charge in [-0.05, 0) is 51.7 Å². The number of ether oxygens (including phenoxy) is 1. The summed E-state index contributed by atoms with van der Waals surface area (Å²) < 4.78 is 5.50. The topological polar surface area (TPSA) is 44.7 Å². The van der Waals surface area contributed by atoms with Crippen LogP contribution < -0.4 is 5.32 Å². The lowest BCUT2D eigenvalue weighted by atomic mass is 10.0. The molecule has 1 aliphatic heterocycles. The van der Waals surface area contributed by atoms with Crippen LogP contribution in [0, 0.1) is 5.92 Å². The molecule has 2 unspecified atom stereocenters. The SMILES string of the molecule is CCCNC(CO)CCN(C)CC1CCCOC1. The van der Waals surface area contributed by atoms with Crippen LogP contribution >= 0.6 is 0 Å². The Morgan fingerprint density at radius 1 is 1.50 bits per heavy atom. The molecule has 1 aliphatic rings. The van der Waals surface area contributed by atoms with Gasteiger partial charge in [0.2, 0.25) is 0 Å². The van der Waals surface area contributed by atoms with E-state index < -0.39 is 0 Å². The number of hydrogen-bond acceptors (Lipinski definition) is 4. The van der Waals surface area contributed by atoms with Gasteiger partial charge in [0.05, 0.1) is 13.2 Å². The van der Waals surface area contributed by atoms with Gasteiger partial charge in [-0.15, -0.1) is 0 Å². The molecule has 0 bridgehead atoms. The Kier molecular flexibility index (Phi) is 8.59. The summed E-state index contributed by atoms with van der Waals surface area (Å²) in [4.78, 5) is 2.37. The summed E-state index contributed by atoms with van der Waals surface area (Å²) in [7, 11) is 2.17. The molecule has 0 radical (unpaired) electrons. The fraction of sp³-hybridized carbons (Fsp3) is 1.00. The van der Waals surface area contributed by atoms with Gasteiger partial charge in [-0.25, -0.2) is 0 Å². The van der Waals surface area contributed by atoms with Crippen molar-refractivity contribution in [1.82, 2.24) is 10.2 Å². The summed E-state index contributed by atoms with van der Waals surface area (Å²) in [5.74, 6) is 0.694. The first kappa shape index (κ1) is 15.9. The van der Waals surface area contributed by atoms with Crippen LogP contribution in [0.4, 0.5) is 0 Å². The van der Waals surface area contributed by atoms with Crippen molar-refractivity contribution in [2.75, 3.05) is 46.5 Å². The molecule has 0 aromatic carbocycles. The number of hydrogen-bond donors (Lipinski definition) is 2. The summed E-state index contributed by atoms with van der Waals surface area (Å²) in [6.07, 6.45) is 4.63. The molecule has 18 heavy (non-hydrogen) atoms. The van der Waals surface area contributed by atoms with Crippen molar-refractivity contribution in [1.29, 1.82) is 0 Å².